The molecule has 6 aliphatic rings. The second-order valence-corrected chi connectivity index (χ2v) is 17.6. The Bertz CT molecular complexity index is 1300. The van der Waals surface area contributed by atoms with Gasteiger partial charge < -0.3 is 9.05 Å². The van der Waals surface area contributed by atoms with E-state index in [0.717, 1.165) is 68.6 Å². The Labute approximate surface area is 206 Å². The molecule has 2 aromatic rings. The molecule has 0 N–H and O–H groups in total. The maximum atomic E-state index is 6.92. The van der Waals surface area contributed by atoms with Crippen LogP contribution in [0.3, 0.4) is 0 Å². The lowest BCUT2D eigenvalue weighted by Crippen LogP contribution is -2.33. The third-order valence-electron chi connectivity index (χ3n) is 7.73. The summed E-state index contributed by atoms with van der Waals surface area (Å²) < 4.78 is 41.0. The zero-order valence-corrected chi connectivity index (χ0v) is 22.4. The monoisotopic (exact) mass is 529 g/mol. The largest absolute Gasteiger partial charge is 0.424 e. The van der Waals surface area contributed by atoms with Gasteiger partial charge in [0.25, 0.3) is 0 Å². The van der Waals surface area contributed by atoms with E-state index in [1.807, 2.05) is 0 Å². The summed E-state index contributed by atoms with van der Waals surface area (Å²) in [5.41, 5.74) is 2.25. The molecule has 2 atom stereocenters. The molecule has 35 heavy (non-hydrogen) atoms. The van der Waals surface area contributed by atoms with Crippen LogP contribution in [0, 0.1) is 0 Å². The maximum absolute atomic E-state index is 6.92. The van der Waals surface area contributed by atoms with E-state index >= 15 is 0 Å². The molecule has 184 valence electrons. The van der Waals surface area contributed by atoms with Gasteiger partial charge in [-0.1, -0.05) is 24.3 Å². The van der Waals surface area contributed by atoms with Crippen molar-refractivity contribution in [2.75, 3.05) is 48.6 Å². The van der Waals surface area contributed by atoms with E-state index in [0.29, 0.717) is 0 Å². The zero-order chi connectivity index (χ0) is 23.1. The fourth-order valence-electron chi connectivity index (χ4n) is 6.14. The number of nitrogens with zero attached hydrogens (tertiary/aromatic N) is 7. The third-order valence-corrected chi connectivity index (χ3v) is 18.7. The highest BCUT2D eigenvalue weighted by Crippen LogP contribution is 2.86. The number of rotatable bonds is 2. The molecule has 0 saturated carbocycles. The molecule has 12 heteroatoms. The van der Waals surface area contributed by atoms with Crippen molar-refractivity contribution in [2.45, 2.75) is 32.1 Å². The fourth-order valence-corrected chi connectivity index (χ4v) is 19.9. The van der Waals surface area contributed by atoms with E-state index < -0.39 is 22.7 Å². The van der Waals surface area contributed by atoms with Crippen molar-refractivity contribution in [3.05, 3.63) is 48.5 Å². The highest BCUT2D eigenvalue weighted by atomic mass is 31.3. The first kappa shape index (κ1) is 21.3. The van der Waals surface area contributed by atoms with Gasteiger partial charge in [-0.15, -0.1) is 4.52 Å². The molecule has 9 nitrogen and oxygen atoms in total. The number of hydrogen-bond donors (Lipinski definition) is 0. The van der Waals surface area contributed by atoms with Crippen LogP contribution in [0.1, 0.15) is 32.1 Å². The smallest absolute Gasteiger partial charge is 0.363 e. The summed E-state index contributed by atoms with van der Waals surface area (Å²) in [4.78, 5) is 0. The number of fused-ring (bicyclic) bond motifs is 4. The average Bonchev–Trinajstić information content (AvgIpc) is 3.66. The van der Waals surface area contributed by atoms with Gasteiger partial charge in [0.2, 0.25) is 7.51 Å². The van der Waals surface area contributed by atoms with Crippen LogP contribution in [-0.2, 0) is 0 Å². The first-order valence-electron chi connectivity index (χ1n) is 12.8. The van der Waals surface area contributed by atoms with Crippen LogP contribution in [0.25, 0.3) is 0 Å². The van der Waals surface area contributed by atoms with Gasteiger partial charge in [-0.3, -0.25) is 9.34 Å². The van der Waals surface area contributed by atoms with Crippen molar-refractivity contribution < 1.29 is 9.05 Å². The summed E-state index contributed by atoms with van der Waals surface area (Å²) in [6, 6.07) is 16.8. The van der Waals surface area contributed by atoms with Gasteiger partial charge in [-0.2, -0.15) is 9.03 Å². The van der Waals surface area contributed by atoms with Gasteiger partial charge >= 0.3 is 15.2 Å². The van der Waals surface area contributed by atoms with Crippen molar-refractivity contribution in [3.63, 3.8) is 0 Å². The summed E-state index contributed by atoms with van der Waals surface area (Å²) >= 11 is 0. The van der Waals surface area contributed by atoms with Crippen molar-refractivity contribution >= 4 is 34.0 Å². The lowest BCUT2D eigenvalue weighted by atomic mass is 10.2. The molecular formula is C23H30N7O2P3. The molecule has 2 saturated heterocycles. The van der Waals surface area contributed by atoms with Crippen molar-refractivity contribution in [3.8, 4) is 11.5 Å². The van der Waals surface area contributed by atoms with E-state index in [-0.39, 0.29) is 0 Å². The summed E-state index contributed by atoms with van der Waals surface area (Å²) in [7, 11) is -7.94. The Balaban J connectivity index is 1.46. The van der Waals surface area contributed by atoms with Gasteiger partial charge in [0.15, 0.2) is 11.5 Å². The van der Waals surface area contributed by atoms with Crippen molar-refractivity contribution in [1.82, 2.24) is 9.34 Å². The van der Waals surface area contributed by atoms with E-state index in [9.17, 15) is 0 Å². The zero-order valence-electron chi connectivity index (χ0n) is 19.7. The quantitative estimate of drug-likeness (QED) is 0.383. The van der Waals surface area contributed by atoms with Crippen LogP contribution in [0.5, 0.6) is 11.5 Å². The van der Waals surface area contributed by atoms with Crippen LogP contribution in [0.4, 0.5) is 11.4 Å². The first-order chi connectivity index (χ1) is 17.2. The molecule has 6 heterocycles. The van der Waals surface area contributed by atoms with E-state index in [1.54, 1.807) is 0 Å². The van der Waals surface area contributed by atoms with Crippen LogP contribution < -0.4 is 18.4 Å². The van der Waals surface area contributed by atoms with Crippen molar-refractivity contribution in [1.29, 1.82) is 0 Å². The molecule has 0 aliphatic carbocycles. The Morgan fingerprint density at radius 1 is 0.543 bits per heavy atom. The van der Waals surface area contributed by atoms with Crippen molar-refractivity contribution in [2.24, 2.45) is 13.5 Å². The minimum Gasteiger partial charge on any atom is -0.424 e. The molecule has 8 rings (SSSR count). The average molecular weight is 529 g/mol. The SMILES string of the molecule is c1ccc2c(c1)OP13=NP4(=NP(N5CCCC5)(N5CCCC5)=N1)Oc1ccccc1N4CCCN23. The van der Waals surface area contributed by atoms with E-state index in [1.165, 1.54) is 25.7 Å². The van der Waals surface area contributed by atoms with E-state index in [4.69, 9.17) is 22.6 Å². The minimum absolute atomic E-state index is 0.871. The molecule has 2 fully saturated rings. The van der Waals surface area contributed by atoms with E-state index in [2.05, 4.69) is 67.2 Å². The molecule has 0 aromatic heterocycles. The Morgan fingerprint density at radius 3 is 1.57 bits per heavy atom. The van der Waals surface area contributed by atoms with Gasteiger partial charge in [0.05, 0.1) is 11.4 Å². The second-order valence-electron chi connectivity index (χ2n) is 9.87. The minimum atomic E-state index is -2.75. The first-order valence-corrected chi connectivity index (χ1v) is 17.5. The molecule has 2 spiro atoms. The Morgan fingerprint density at radius 2 is 1.03 bits per heavy atom. The molecular weight excluding hydrogens is 499 g/mol. The van der Waals surface area contributed by atoms with Crippen LogP contribution >= 0.6 is 22.7 Å². The fraction of sp³-hybridized carbons (Fsp3) is 0.478. The van der Waals surface area contributed by atoms with Crippen LogP contribution in [0.2, 0.25) is 0 Å². The summed E-state index contributed by atoms with van der Waals surface area (Å²) in [6.07, 6.45) is 5.78. The normalized spacial score (nSPS) is 32.6. The maximum Gasteiger partial charge on any atom is 0.363 e. The number of hydrogen-bond acceptors (Lipinski definition) is 9. The standard InChI is InChI=1S/C23H30N7O2P3/c1-3-12-22-20(10-1)29-18-9-19-30-21-11-2-4-13-23(21)32-35(30)25-33(27-14-5-6-15-27,28-16-7-8-17-28)24-34(29,26-35)31-22/h1-4,10-13H,5-9,14-19H2. The van der Waals surface area contributed by atoms with Gasteiger partial charge in [0, 0.05) is 39.3 Å². The lowest BCUT2D eigenvalue weighted by molar-refractivity contribution is 0.463. The molecule has 0 radical (unpaired) electrons. The molecule has 2 aromatic carbocycles. The number of para-hydroxylation sites is 4. The highest BCUT2D eigenvalue weighted by molar-refractivity contribution is 7.84. The van der Waals surface area contributed by atoms with Crippen LogP contribution in [0.15, 0.2) is 62.1 Å². The van der Waals surface area contributed by atoms with Gasteiger partial charge in [-0.05, 0) is 56.4 Å². The summed E-state index contributed by atoms with van der Waals surface area (Å²) in [5.74, 6) is 1.80. The molecule has 2 bridgehead atoms. The molecule has 0 amide bonds. The number of anilines is 2. The summed E-state index contributed by atoms with van der Waals surface area (Å²) in [5, 5.41) is 0. The highest BCUT2D eigenvalue weighted by Gasteiger charge is 2.56. The predicted molar refractivity (Wildman–Crippen MR) is 143 cm³/mol. The Hall–Kier alpha value is -1.75. The lowest BCUT2D eigenvalue weighted by Gasteiger charge is -2.44. The number of benzene rings is 2. The molecule has 2 unspecified atom stereocenters. The van der Waals surface area contributed by atoms with Crippen LogP contribution in [-0.4, -0.2) is 48.6 Å². The van der Waals surface area contributed by atoms with Gasteiger partial charge in [0.1, 0.15) is 0 Å². The second kappa shape index (κ2) is 7.63. The topological polar surface area (TPSA) is 68.5 Å². The third kappa shape index (κ3) is 2.94. The Kier molecular flexibility index (Phi) is 4.65. The molecule has 6 aliphatic heterocycles. The predicted octanol–water partition coefficient (Wildman–Crippen LogP) is 7.23. The van der Waals surface area contributed by atoms with Gasteiger partial charge in [-0.25, -0.2) is 9.34 Å². The summed E-state index contributed by atoms with van der Waals surface area (Å²) in [6.45, 7) is 5.90.